The van der Waals surface area contributed by atoms with Crippen LogP contribution in [0.15, 0.2) is 57.6 Å². The Labute approximate surface area is 150 Å². The number of rotatable bonds is 4. The lowest BCUT2D eigenvalue weighted by Crippen LogP contribution is -2.11. The normalized spacial score (nSPS) is 11.0. The summed E-state index contributed by atoms with van der Waals surface area (Å²) in [5, 5.41) is 0.863. The van der Waals surface area contributed by atoms with Gasteiger partial charge in [-0.25, -0.2) is 9.97 Å². The van der Waals surface area contributed by atoms with Crippen molar-refractivity contribution in [2.24, 2.45) is 0 Å². The van der Waals surface area contributed by atoms with Gasteiger partial charge in [0.05, 0.1) is 5.52 Å². The maximum atomic E-state index is 11.5. The SMILES string of the molecule is CC(=O)c1ccc(-c2ccc3ncnc(N(C)c4ccc(C)o4)c3c2)o1. The molecular weight excluding hydrogens is 330 g/mol. The Bertz CT molecular complexity index is 1110. The van der Waals surface area contributed by atoms with Crippen LogP contribution in [0.3, 0.4) is 0 Å². The Morgan fingerprint density at radius 2 is 1.88 bits per heavy atom. The first-order valence-corrected chi connectivity index (χ1v) is 8.19. The van der Waals surface area contributed by atoms with Crippen LogP contribution < -0.4 is 4.90 Å². The van der Waals surface area contributed by atoms with Gasteiger partial charge >= 0.3 is 0 Å². The number of anilines is 2. The highest BCUT2D eigenvalue weighted by molar-refractivity contribution is 5.94. The molecule has 0 aliphatic rings. The van der Waals surface area contributed by atoms with Crippen molar-refractivity contribution in [3.05, 3.63) is 60.3 Å². The van der Waals surface area contributed by atoms with Crippen LogP contribution in [0.5, 0.6) is 0 Å². The first kappa shape index (κ1) is 16.1. The third kappa shape index (κ3) is 2.75. The number of ketones is 1. The number of benzene rings is 1. The van der Waals surface area contributed by atoms with Crippen LogP contribution in [0, 0.1) is 6.92 Å². The molecule has 4 rings (SSSR count). The van der Waals surface area contributed by atoms with Gasteiger partial charge in [-0.3, -0.25) is 9.69 Å². The highest BCUT2D eigenvalue weighted by Gasteiger charge is 2.15. The maximum absolute atomic E-state index is 11.5. The van der Waals surface area contributed by atoms with E-state index in [9.17, 15) is 4.79 Å². The monoisotopic (exact) mass is 347 g/mol. The minimum atomic E-state index is -0.103. The molecule has 3 heterocycles. The molecule has 0 unspecified atom stereocenters. The molecule has 0 spiro atoms. The summed E-state index contributed by atoms with van der Waals surface area (Å²) >= 11 is 0. The molecule has 6 nitrogen and oxygen atoms in total. The van der Waals surface area contributed by atoms with Crippen molar-refractivity contribution in [1.29, 1.82) is 0 Å². The van der Waals surface area contributed by atoms with E-state index < -0.39 is 0 Å². The summed E-state index contributed by atoms with van der Waals surface area (Å²) in [7, 11) is 1.90. The first-order chi connectivity index (χ1) is 12.5. The zero-order valence-corrected chi connectivity index (χ0v) is 14.7. The molecule has 0 amide bonds. The fraction of sp³-hybridized carbons (Fsp3) is 0.150. The van der Waals surface area contributed by atoms with E-state index in [2.05, 4.69) is 9.97 Å². The molecule has 26 heavy (non-hydrogen) atoms. The van der Waals surface area contributed by atoms with E-state index in [1.54, 1.807) is 12.1 Å². The average Bonchev–Trinajstić information content (AvgIpc) is 3.29. The van der Waals surface area contributed by atoms with Crippen LogP contribution in [0.4, 0.5) is 11.7 Å². The molecule has 0 aliphatic carbocycles. The van der Waals surface area contributed by atoms with Crippen molar-refractivity contribution < 1.29 is 13.6 Å². The molecule has 0 radical (unpaired) electrons. The van der Waals surface area contributed by atoms with E-state index >= 15 is 0 Å². The summed E-state index contributed by atoms with van der Waals surface area (Å²) in [5.74, 6) is 3.12. The summed E-state index contributed by atoms with van der Waals surface area (Å²) in [4.78, 5) is 22.1. The summed E-state index contributed by atoms with van der Waals surface area (Å²) in [6, 6.07) is 13.1. The Morgan fingerprint density at radius 3 is 2.58 bits per heavy atom. The molecule has 4 aromatic rings. The zero-order valence-electron chi connectivity index (χ0n) is 14.7. The van der Waals surface area contributed by atoms with E-state index in [0.29, 0.717) is 17.4 Å². The zero-order chi connectivity index (χ0) is 18.3. The molecule has 6 heteroatoms. The predicted octanol–water partition coefficient (Wildman–Crippen LogP) is 4.76. The van der Waals surface area contributed by atoms with Crippen LogP contribution >= 0.6 is 0 Å². The second kappa shape index (κ2) is 6.15. The van der Waals surface area contributed by atoms with Gasteiger partial charge in [0.1, 0.15) is 23.7 Å². The average molecular weight is 347 g/mol. The second-order valence-electron chi connectivity index (χ2n) is 6.09. The maximum Gasteiger partial charge on any atom is 0.200 e. The molecule has 1 aromatic carbocycles. The number of nitrogens with zero attached hydrogens (tertiary/aromatic N) is 3. The fourth-order valence-electron chi connectivity index (χ4n) is 2.85. The molecule has 0 atom stereocenters. The summed E-state index contributed by atoms with van der Waals surface area (Å²) in [6.45, 7) is 3.38. The Kier molecular flexibility index (Phi) is 3.80. The summed E-state index contributed by atoms with van der Waals surface area (Å²) in [5.41, 5.74) is 1.66. The third-order valence-corrected chi connectivity index (χ3v) is 4.23. The highest BCUT2D eigenvalue weighted by Crippen LogP contribution is 2.32. The van der Waals surface area contributed by atoms with Crippen molar-refractivity contribution >= 4 is 28.4 Å². The number of hydrogen-bond donors (Lipinski definition) is 0. The van der Waals surface area contributed by atoms with Crippen LogP contribution in [-0.2, 0) is 0 Å². The van der Waals surface area contributed by atoms with Crippen molar-refractivity contribution in [3.63, 3.8) is 0 Å². The standard InChI is InChI=1S/C20H17N3O3/c1-12-4-9-19(25-12)23(3)20-15-10-14(5-6-16(15)21-11-22-20)18-8-7-17(26-18)13(2)24/h4-11H,1-3H3. The number of hydrogen-bond acceptors (Lipinski definition) is 6. The highest BCUT2D eigenvalue weighted by atomic mass is 16.4. The van der Waals surface area contributed by atoms with Gasteiger partial charge in [-0.15, -0.1) is 0 Å². The smallest absolute Gasteiger partial charge is 0.200 e. The molecule has 0 aliphatic heterocycles. The third-order valence-electron chi connectivity index (χ3n) is 4.23. The van der Waals surface area contributed by atoms with E-state index in [4.69, 9.17) is 8.83 Å². The van der Waals surface area contributed by atoms with E-state index in [1.807, 2.05) is 49.2 Å². The number of carbonyl (C=O) groups is 1. The van der Waals surface area contributed by atoms with Gasteiger partial charge in [0, 0.05) is 31.0 Å². The number of Topliss-reactive ketones (excluding diaryl/α,β-unsaturated/α-hetero) is 1. The van der Waals surface area contributed by atoms with Gasteiger partial charge in [-0.1, -0.05) is 0 Å². The summed E-state index contributed by atoms with van der Waals surface area (Å²) < 4.78 is 11.3. The quantitative estimate of drug-likeness (QED) is 0.496. The minimum Gasteiger partial charge on any atom is -0.453 e. The van der Waals surface area contributed by atoms with Gasteiger partial charge < -0.3 is 8.83 Å². The lowest BCUT2D eigenvalue weighted by atomic mass is 10.1. The van der Waals surface area contributed by atoms with Gasteiger partial charge in [-0.05, 0) is 43.3 Å². The van der Waals surface area contributed by atoms with Crippen LogP contribution in [0.1, 0.15) is 23.2 Å². The molecule has 0 N–H and O–H groups in total. The Morgan fingerprint density at radius 1 is 1.04 bits per heavy atom. The number of fused-ring (bicyclic) bond motifs is 1. The van der Waals surface area contributed by atoms with Crippen LogP contribution in [-0.4, -0.2) is 22.8 Å². The van der Waals surface area contributed by atoms with E-state index in [0.717, 1.165) is 28.0 Å². The Hall–Kier alpha value is -3.41. The fourth-order valence-corrected chi connectivity index (χ4v) is 2.85. The molecule has 0 saturated heterocycles. The lowest BCUT2D eigenvalue weighted by Gasteiger charge is -2.17. The predicted molar refractivity (Wildman–Crippen MR) is 98.8 cm³/mol. The minimum absolute atomic E-state index is 0.103. The first-order valence-electron chi connectivity index (χ1n) is 8.19. The van der Waals surface area contributed by atoms with Gasteiger partial charge in [0.15, 0.2) is 11.5 Å². The van der Waals surface area contributed by atoms with Crippen molar-refractivity contribution in [2.45, 2.75) is 13.8 Å². The lowest BCUT2D eigenvalue weighted by molar-refractivity contribution is 0.0988. The number of aromatic nitrogens is 2. The molecular formula is C20H17N3O3. The topological polar surface area (TPSA) is 72.4 Å². The van der Waals surface area contributed by atoms with Crippen molar-refractivity contribution in [2.75, 3.05) is 11.9 Å². The van der Waals surface area contributed by atoms with Crippen LogP contribution in [0.2, 0.25) is 0 Å². The van der Waals surface area contributed by atoms with Crippen molar-refractivity contribution in [3.8, 4) is 11.3 Å². The van der Waals surface area contributed by atoms with Crippen molar-refractivity contribution in [1.82, 2.24) is 9.97 Å². The molecule has 0 saturated carbocycles. The van der Waals surface area contributed by atoms with E-state index in [1.165, 1.54) is 13.3 Å². The number of furan rings is 2. The second-order valence-corrected chi connectivity index (χ2v) is 6.09. The van der Waals surface area contributed by atoms with Gasteiger partial charge in [0.25, 0.3) is 0 Å². The number of carbonyl (C=O) groups excluding carboxylic acids is 1. The molecule has 0 bridgehead atoms. The van der Waals surface area contributed by atoms with Gasteiger partial charge in [-0.2, -0.15) is 0 Å². The summed E-state index contributed by atoms with van der Waals surface area (Å²) in [6.07, 6.45) is 1.53. The molecule has 130 valence electrons. The Balaban J connectivity index is 1.82. The molecule has 0 fully saturated rings. The largest absolute Gasteiger partial charge is 0.453 e. The van der Waals surface area contributed by atoms with Crippen LogP contribution in [0.25, 0.3) is 22.2 Å². The van der Waals surface area contributed by atoms with Gasteiger partial charge in [0.2, 0.25) is 5.88 Å². The molecule has 3 aromatic heterocycles. The number of aryl methyl sites for hydroxylation is 1. The van der Waals surface area contributed by atoms with E-state index in [-0.39, 0.29) is 5.78 Å².